The average Bonchev–Trinajstić information content (AvgIpc) is 2.01. The molecule has 0 N–H and O–H groups in total. The standard InChI is InChI=1S/C7H4F4O2S/c8-4-1-2-5(7(9)10)6(3-4)14(11,12)13/h1-3,7H. The molecule has 0 aliphatic rings. The van der Waals surface area contributed by atoms with Crippen LogP contribution in [0.25, 0.3) is 0 Å². The summed E-state index contributed by atoms with van der Waals surface area (Å²) in [6, 6.07) is 1.39. The van der Waals surface area contributed by atoms with Crippen molar-refractivity contribution in [3.8, 4) is 0 Å². The molecule has 78 valence electrons. The molecular weight excluding hydrogens is 224 g/mol. The maximum Gasteiger partial charge on any atom is 0.332 e. The minimum atomic E-state index is -5.32. The molecule has 0 amide bonds. The highest BCUT2D eigenvalue weighted by Crippen LogP contribution is 2.28. The van der Waals surface area contributed by atoms with Gasteiger partial charge in [-0.3, -0.25) is 0 Å². The largest absolute Gasteiger partial charge is 0.332 e. The lowest BCUT2D eigenvalue weighted by Crippen LogP contribution is -2.00. The minimum Gasteiger partial charge on any atom is -0.207 e. The second-order valence-corrected chi connectivity index (χ2v) is 3.74. The van der Waals surface area contributed by atoms with Gasteiger partial charge < -0.3 is 0 Å². The van der Waals surface area contributed by atoms with Crippen LogP contribution in [0.3, 0.4) is 0 Å². The molecule has 0 radical (unpaired) electrons. The summed E-state index contributed by atoms with van der Waals surface area (Å²) in [5, 5.41) is 0. The first kappa shape index (κ1) is 11.0. The quantitative estimate of drug-likeness (QED) is 0.575. The van der Waals surface area contributed by atoms with E-state index in [2.05, 4.69) is 0 Å². The topological polar surface area (TPSA) is 34.1 Å². The fraction of sp³-hybridized carbons (Fsp3) is 0.143. The van der Waals surface area contributed by atoms with Crippen molar-refractivity contribution in [1.82, 2.24) is 0 Å². The first-order valence-electron chi connectivity index (χ1n) is 3.34. The van der Waals surface area contributed by atoms with Crippen molar-refractivity contribution >= 4 is 10.2 Å². The summed E-state index contributed by atoms with van der Waals surface area (Å²) in [5.41, 5.74) is -1.05. The van der Waals surface area contributed by atoms with Crippen LogP contribution in [0.5, 0.6) is 0 Å². The lowest BCUT2D eigenvalue weighted by atomic mass is 10.2. The third-order valence-electron chi connectivity index (χ3n) is 1.47. The molecule has 0 saturated carbocycles. The molecule has 0 aliphatic carbocycles. The van der Waals surface area contributed by atoms with Gasteiger partial charge in [0.15, 0.2) is 0 Å². The Balaban J connectivity index is 3.46. The Morgan fingerprint density at radius 3 is 2.21 bits per heavy atom. The van der Waals surface area contributed by atoms with Gasteiger partial charge >= 0.3 is 10.2 Å². The van der Waals surface area contributed by atoms with Gasteiger partial charge in [0.25, 0.3) is 6.43 Å². The fourth-order valence-electron chi connectivity index (χ4n) is 0.900. The Hall–Kier alpha value is -1.11. The predicted octanol–water partition coefficient (Wildman–Crippen LogP) is 2.42. The van der Waals surface area contributed by atoms with Crippen LogP contribution in [0, 0.1) is 5.82 Å². The number of alkyl halides is 2. The van der Waals surface area contributed by atoms with Crippen LogP contribution >= 0.6 is 0 Å². The Morgan fingerprint density at radius 2 is 1.79 bits per heavy atom. The highest BCUT2D eigenvalue weighted by Gasteiger charge is 2.23. The monoisotopic (exact) mass is 228 g/mol. The van der Waals surface area contributed by atoms with Gasteiger partial charge in [0.05, 0.1) is 0 Å². The van der Waals surface area contributed by atoms with E-state index in [1.165, 1.54) is 0 Å². The van der Waals surface area contributed by atoms with E-state index in [0.29, 0.717) is 12.1 Å². The summed E-state index contributed by atoms with van der Waals surface area (Å²) in [6.07, 6.45) is -3.17. The van der Waals surface area contributed by atoms with Crippen molar-refractivity contribution in [1.29, 1.82) is 0 Å². The van der Waals surface area contributed by atoms with E-state index < -0.39 is 32.9 Å². The van der Waals surface area contributed by atoms with E-state index in [-0.39, 0.29) is 6.07 Å². The van der Waals surface area contributed by atoms with Crippen LogP contribution in [0.4, 0.5) is 17.1 Å². The molecule has 1 aromatic carbocycles. The zero-order valence-electron chi connectivity index (χ0n) is 6.55. The van der Waals surface area contributed by atoms with Gasteiger partial charge in [-0.1, -0.05) is 0 Å². The Bertz CT molecular complexity index is 441. The lowest BCUT2D eigenvalue weighted by Gasteiger charge is -2.04. The summed E-state index contributed by atoms with van der Waals surface area (Å²) in [6.45, 7) is 0. The van der Waals surface area contributed by atoms with Gasteiger partial charge in [0.2, 0.25) is 0 Å². The SMILES string of the molecule is O=S(=O)(F)c1cc(F)ccc1C(F)F. The summed E-state index contributed by atoms with van der Waals surface area (Å²) < 4.78 is 69.8. The number of hydrogen-bond donors (Lipinski definition) is 0. The van der Waals surface area contributed by atoms with Gasteiger partial charge in [-0.25, -0.2) is 13.2 Å². The zero-order chi connectivity index (χ0) is 10.9. The first-order valence-corrected chi connectivity index (χ1v) is 4.73. The van der Waals surface area contributed by atoms with Crippen molar-refractivity contribution in [3.63, 3.8) is 0 Å². The van der Waals surface area contributed by atoms with Gasteiger partial charge in [-0.15, -0.1) is 3.89 Å². The van der Waals surface area contributed by atoms with E-state index in [4.69, 9.17) is 0 Å². The molecule has 0 spiro atoms. The van der Waals surface area contributed by atoms with Crippen LogP contribution in [0.1, 0.15) is 12.0 Å². The number of hydrogen-bond acceptors (Lipinski definition) is 2. The van der Waals surface area contributed by atoms with E-state index in [0.717, 1.165) is 0 Å². The predicted molar refractivity (Wildman–Crippen MR) is 39.7 cm³/mol. The molecule has 0 fully saturated rings. The van der Waals surface area contributed by atoms with Gasteiger partial charge in [0, 0.05) is 5.56 Å². The maximum absolute atomic E-state index is 12.5. The second kappa shape index (κ2) is 3.56. The Kier molecular flexibility index (Phi) is 2.79. The molecule has 0 aromatic heterocycles. The molecule has 0 aliphatic heterocycles. The van der Waals surface area contributed by atoms with Crippen molar-refractivity contribution in [2.45, 2.75) is 11.3 Å². The fourth-order valence-corrected chi connectivity index (χ4v) is 1.59. The zero-order valence-corrected chi connectivity index (χ0v) is 7.36. The maximum atomic E-state index is 12.5. The van der Waals surface area contributed by atoms with Crippen molar-refractivity contribution in [3.05, 3.63) is 29.6 Å². The molecule has 14 heavy (non-hydrogen) atoms. The third kappa shape index (κ3) is 2.22. The second-order valence-electron chi connectivity index (χ2n) is 2.42. The average molecular weight is 228 g/mol. The van der Waals surface area contributed by atoms with Crippen LogP contribution in [-0.2, 0) is 10.2 Å². The van der Waals surface area contributed by atoms with Crippen LogP contribution in [-0.4, -0.2) is 8.42 Å². The molecule has 2 nitrogen and oxygen atoms in total. The van der Waals surface area contributed by atoms with Gasteiger partial charge in [-0.2, -0.15) is 8.42 Å². The highest BCUT2D eigenvalue weighted by molar-refractivity contribution is 7.86. The normalized spacial score (nSPS) is 12.1. The lowest BCUT2D eigenvalue weighted by molar-refractivity contribution is 0.147. The van der Waals surface area contributed by atoms with E-state index >= 15 is 0 Å². The third-order valence-corrected chi connectivity index (χ3v) is 2.35. The molecule has 0 heterocycles. The van der Waals surface area contributed by atoms with E-state index in [1.807, 2.05) is 0 Å². The first-order chi connectivity index (χ1) is 6.32. The molecule has 0 bridgehead atoms. The summed E-state index contributed by atoms with van der Waals surface area (Å²) in [5.74, 6) is -1.09. The highest BCUT2D eigenvalue weighted by atomic mass is 32.3. The number of rotatable bonds is 2. The van der Waals surface area contributed by atoms with Crippen molar-refractivity contribution < 1.29 is 25.5 Å². The minimum absolute atomic E-state index is 0.219. The Labute approximate surface area is 77.4 Å². The van der Waals surface area contributed by atoms with Crippen molar-refractivity contribution in [2.24, 2.45) is 0 Å². The molecule has 0 atom stereocenters. The van der Waals surface area contributed by atoms with Crippen LogP contribution < -0.4 is 0 Å². The van der Waals surface area contributed by atoms with E-state index in [1.54, 1.807) is 0 Å². The van der Waals surface area contributed by atoms with Crippen LogP contribution in [0.2, 0.25) is 0 Å². The van der Waals surface area contributed by atoms with E-state index in [9.17, 15) is 25.5 Å². The Morgan fingerprint density at radius 1 is 1.21 bits per heavy atom. The summed E-state index contributed by atoms with van der Waals surface area (Å²) in [7, 11) is -5.32. The van der Waals surface area contributed by atoms with Crippen LogP contribution in [0.15, 0.2) is 23.1 Å². The van der Waals surface area contributed by atoms with Gasteiger partial charge in [-0.05, 0) is 18.2 Å². The summed E-state index contributed by atoms with van der Waals surface area (Å²) in [4.78, 5) is -1.33. The van der Waals surface area contributed by atoms with Crippen molar-refractivity contribution in [2.75, 3.05) is 0 Å². The number of benzene rings is 1. The molecule has 0 unspecified atom stereocenters. The number of halogens is 4. The summed E-state index contributed by atoms with van der Waals surface area (Å²) >= 11 is 0. The van der Waals surface area contributed by atoms with Gasteiger partial charge in [0.1, 0.15) is 10.7 Å². The molecular formula is C7H4F4O2S. The smallest absolute Gasteiger partial charge is 0.207 e. The molecule has 0 saturated heterocycles. The molecule has 1 aromatic rings. The molecule has 1 rings (SSSR count). The molecule has 7 heteroatoms.